The van der Waals surface area contributed by atoms with Crippen LogP contribution in [0, 0.1) is 34.5 Å². The standard InChI is InChI=1S/C26H40O3/c1-18(10-9-14-24(3,4)29)26(7)15-13-21(25(26,5)6)12-8-11-20-16-22(27)17-23(28)19(20)2/h8,11-12,18,21-23,27-29H,2,10,13,15-17H2,1,3-7H3/b12-8+,20-11?/t18-,21-,22-,23+,26-/m1/s1. The van der Waals surface area contributed by atoms with Crippen molar-refractivity contribution in [1.82, 2.24) is 0 Å². The zero-order chi connectivity index (χ0) is 22.0. The van der Waals surface area contributed by atoms with Crippen LogP contribution in [-0.2, 0) is 0 Å². The summed E-state index contributed by atoms with van der Waals surface area (Å²) < 4.78 is 0. The van der Waals surface area contributed by atoms with Crippen LogP contribution in [-0.4, -0.2) is 33.1 Å². The molecule has 0 aliphatic heterocycles. The fourth-order valence-electron chi connectivity index (χ4n) is 4.99. The highest BCUT2D eigenvalue weighted by atomic mass is 16.3. The van der Waals surface area contributed by atoms with E-state index in [0.29, 0.717) is 24.7 Å². The minimum atomic E-state index is -0.936. The predicted molar refractivity (Wildman–Crippen MR) is 120 cm³/mol. The topological polar surface area (TPSA) is 60.7 Å². The minimum absolute atomic E-state index is 0.125. The summed E-state index contributed by atoms with van der Waals surface area (Å²) in [5.74, 6) is 7.04. The van der Waals surface area contributed by atoms with Gasteiger partial charge in [-0.15, -0.1) is 0 Å². The molecule has 3 heteroatoms. The van der Waals surface area contributed by atoms with Gasteiger partial charge in [0.05, 0.1) is 12.2 Å². The zero-order valence-corrected chi connectivity index (χ0v) is 19.1. The number of allylic oxidation sites excluding steroid dienone is 3. The monoisotopic (exact) mass is 400 g/mol. The van der Waals surface area contributed by atoms with Crippen molar-refractivity contribution in [3.05, 3.63) is 36.0 Å². The highest BCUT2D eigenvalue weighted by Crippen LogP contribution is 2.60. The molecule has 0 aromatic heterocycles. The fraction of sp³-hybridized carbons (Fsp3) is 0.692. The molecule has 0 amide bonds. The van der Waals surface area contributed by atoms with Crippen LogP contribution in [0.2, 0.25) is 0 Å². The highest BCUT2D eigenvalue weighted by molar-refractivity contribution is 5.37. The number of hydrogen-bond acceptors (Lipinski definition) is 3. The molecule has 0 radical (unpaired) electrons. The first-order chi connectivity index (χ1) is 13.3. The van der Waals surface area contributed by atoms with Crippen molar-refractivity contribution in [2.24, 2.45) is 22.7 Å². The third-order valence-electron chi connectivity index (χ3n) is 7.67. The van der Waals surface area contributed by atoms with E-state index in [1.165, 1.54) is 0 Å². The maximum atomic E-state index is 10.0. The average Bonchev–Trinajstić information content (AvgIpc) is 2.82. The normalized spacial score (nSPS) is 35.0. The number of hydrogen-bond donors (Lipinski definition) is 3. The Bertz CT molecular complexity index is 725. The molecule has 0 aromatic rings. The molecule has 2 aliphatic rings. The molecule has 0 bridgehead atoms. The summed E-state index contributed by atoms with van der Waals surface area (Å²) in [7, 11) is 0. The van der Waals surface area contributed by atoms with E-state index < -0.39 is 17.8 Å². The van der Waals surface area contributed by atoms with Crippen molar-refractivity contribution in [1.29, 1.82) is 0 Å². The molecule has 0 aromatic carbocycles. The Kier molecular flexibility index (Phi) is 7.26. The third-order valence-corrected chi connectivity index (χ3v) is 7.67. The second-order valence-electron chi connectivity index (χ2n) is 10.5. The zero-order valence-electron chi connectivity index (χ0n) is 19.1. The van der Waals surface area contributed by atoms with Crippen molar-refractivity contribution >= 4 is 0 Å². The Hall–Kier alpha value is -1.34. The third kappa shape index (κ3) is 5.43. The Morgan fingerprint density at radius 2 is 1.93 bits per heavy atom. The molecule has 5 atom stereocenters. The molecule has 2 saturated carbocycles. The summed E-state index contributed by atoms with van der Waals surface area (Å²) in [6, 6.07) is 0. The lowest BCUT2D eigenvalue weighted by molar-refractivity contribution is 0.0477. The van der Waals surface area contributed by atoms with Crippen molar-refractivity contribution in [2.45, 2.75) is 91.5 Å². The van der Waals surface area contributed by atoms with Gasteiger partial charge in [0.25, 0.3) is 0 Å². The van der Waals surface area contributed by atoms with Crippen molar-refractivity contribution < 1.29 is 15.3 Å². The SMILES string of the molecule is C=C1C(=C/C=C/[C@@H]2CC[C@](C)([C@H](C)CC#CC(C)(C)O)C2(C)C)C[C@@H](O)C[C@@H]1O. The van der Waals surface area contributed by atoms with Crippen LogP contribution in [0.3, 0.4) is 0 Å². The Morgan fingerprint density at radius 1 is 1.28 bits per heavy atom. The number of rotatable bonds is 4. The summed E-state index contributed by atoms with van der Waals surface area (Å²) in [4.78, 5) is 0. The van der Waals surface area contributed by atoms with Gasteiger partial charge in [-0.3, -0.25) is 0 Å². The molecule has 0 saturated heterocycles. The number of aliphatic hydroxyl groups is 3. The molecule has 2 rings (SSSR count). The minimum Gasteiger partial charge on any atom is -0.393 e. The van der Waals surface area contributed by atoms with E-state index in [1.807, 2.05) is 6.08 Å². The van der Waals surface area contributed by atoms with Gasteiger partial charge in [-0.25, -0.2) is 0 Å². The predicted octanol–water partition coefficient (Wildman–Crippen LogP) is 4.78. The van der Waals surface area contributed by atoms with Crippen LogP contribution in [0.4, 0.5) is 0 Å². The van der Waals surface area contributed by atoms with Crippen LogP contribution < -0.4 is 0 Å². The first-order valence-electron chi connectivity index (χ1n) is 10.9. The largest absolute Gasteiger partial charge is 0.393 e. The Labute approximate surface area is 177 Å². The van der Waals surface area contributed by atoms with E-state index >= 15 is 0 Å². The van der Waals surface area contributed by atoms with Gasteiger partial charge in [0, 0.05) is 12.8 Å². The van der Waals surface area contributed by atoms with Crippen LogP contribution in [0.1, 0.15) is 73.6 Å². The van der Waals surface area contributed by atoms with Gasteiger partial charge >= 0.3 is 0 Å². The molecular weight excluding hydrogens is 360 g/mol. The molecule has 0 heterocycles. The summed E-state index contributed by atoms with van der Waals surface area (Å²) in [6.07, 6.45) is 9.27. The maximum absolute atomic E-state index is 10.0. The van der Waals surface area contributed by atoms with Gasteiger partial charge in [-0.1, -0.05) is 64.3 Å². The van der Waals surface area contributed by atoms with Gasteiger partial charge in [0.2, 0.25) is 0 Å². The lowest BCUT2D eigenvalue weighted by Crippen LogP contribution is -2.38. The molecule has 2 fully saturated rings. The average molecular weight is 401 g/mol. The Morgan fingerprint density at radius 3 is 2.55 bits per heavy atom. The Balaban J connectivity index is 2.10. The van der Waals surface area contributed by atoms with Crippen LogP contribution in [0.5, 0.6) is 0 Å². The van der Waals surface area contributed by atoms with E-state index in [9.17, 15) is 15.3 Å². The molecule has 3 nitrogen and oxygen atoms in total. The molecular formula is C26H40O3. The lowest BCUT2D eigenvalue weighted by Gasteiger charge is -2.45. The van der Waals surface area contributed by atoms with E-state index in [4.69, 9.17) is 0 Å². The molecule has 162 valence electrons. The van der Waals surface area contributed by atoms with Crippen LogP contribution >= 0.6 is 0 Å². The summed E-state index contributed by atoms with van der Waals surface area (Å²) in [6.45, 7) is 16.8. The van der Waals surface area contributed by atoms with Crippen molar-refractivity contribution in [3.8, 4) is 11.8 Å². The fourth-order valence-corrected chi connectivity index (χ4v) is 4.99. The van der Waals surface area contributed by atoms with Gasteiger partial charge in [-0.05, 0) is 66.9 Å². The molecule has 0 spiro atoms. The van der Waals surface area contributed by atoms with Gasteiger partial charge < -0.3 is 15.3 Å². The maximum Gasteiger partial charge on any atom is 0.119 e. The molecule has 29 heavy (non-hydrogen) atoms. The van der Waals surface area contributed by atoms with Gasteiger partial charge in [0.1, 0.15) is 5.60 Å². The van der Waals surface area contributed by atoms with E-state index in [0.717, 1.165) is 30.4 Å². The second-order valence-corrected chi connectivity index (χ2v) is 10.5. The van der Waals surface area contributed by atoms with Crippen molar-refractivity contribution in [2.75, 3.05) is 0 Å². The summed E-state index contributed by atoms with van der Waals surface area (Å²) in [5, 5.41) is 29.8. The van der Waals surface area contributed by atoms with Gasteiger partial charge in [-0.2, -0.15) is 0 Å². The van der Waals surface area contributed by atoms with Gasteiger partial charge in [0.15, 0.2) is 0 Å². The summed E-state index contributed by atoms with van der Waals surface area (Å²) in [5.41, 5.74) is 1.04. The van der Waals surface area contributed by atoms with E-state index in [-0.39, 0.29) is 10.8 Å². The first kappa shape index (κ1) is 23.9. The van der Waals surface area contributed by atoms with Crippen LogP contribution in [0.15, 0.2) is 36.0 Å². The highest BCUT2D eigenvalue weighted by Gasteiger charge is 2.52. The second kappa shape index (κ2) is 8.80. The van der Waals surface area contributed by atoms with Crippen LogP contribution in [0.25, 0.3) is 0 Å². The first-order valence-corrected chi connectivity index (χ1v) is 10.9. The summed E-state index contributed by atoms with van der Waals surface area (Å²) >= 11 is 0. The smallest absolute Gasteiger partial charge is 0.119 e. The van der Waals surface area contributed by atoms with E-state index in [1.54, 1.807) is 13.8 Å². The number of aliphatic hydroxyl groups excluding tert-OH is 2. The molecule has 0 unspecified atom stereocenters. The molecule has 2 aliphatic carbocycles. The lowest BCUT2D eigenvalue weighted by atomic mass is 9.59. The quantitative estimate of drug-likeness (QED) is 0.595. The van der Waals surface area contributed by atoms with E-state index in [2.05, 4.69) is 58.3 Å². The van der Waals surface area contributed by atoms with Crippen molar-refractivity contribution in [3.63, 3.8) is 0 Å². The molecule has 3 N–H and O–H groups in total.